The first-order chi connectivity index (χ1) is 19.4. The number of hydrogen-bond donors (Lipinski definition) is 0. The molecule has 0 bridgehead atoms. The standard InChI is InChI=1S/C31H45N5O4S/c1-22-18-27(39-21-31(2,3)29(37)38-4)33-20-25(22)23-14-15-26(32-19-23)28-34-30(40-24-12-8-9-13-24)36(35-28)16-10-11-17-41(5,6)7/h14-15,18-20,24H,8-13,16-17,21H2,1-7H3. The van der Waals surface area contributed by atoms with Gasteiger partial charge < -0.3 is 14.2 Å². The molecule has 3 aromatic rings. The molecule has 0 amide bonds. The Kier molecular flexibility index (Phi) is 9.94. The molecule has 0 atom stereocenters. The van der Waals surface area contributed by atoms with Crippen molar-refractivity contribution in [2.45, 2.75) is 71.9 Å². The third kappa shape index (κ3) is 8.44. The molecule has 0 aromatic carbocycles. The predicted molar refractivity (Wildman–Crippen MR) is 165 cm³/mol. The minimum Gasteiger partial charge on any atom is -0.476 e. The Hall–Kier alpha value is -3.14. The van der Waals surface area contributed by atoms with E-state index >= 15 is 0 Å². The number of carbonyl (C=O) groups excluding carboxylic acids is 1. The van der Waals surface area contributed by atoms with E-state index in [1.165, 1.54) is 32.1 Å². The molecule has 1 aliphatic rings. The van der Waals surface area contributed by atoms with E-state index in [4.69, 9.17) is 29.3 Å². The van der Waals surface area contributed by atoms with Crippen LogP contribution in [-0.4, -0.2) is 75.0 Å². The molecule has 41 heavy (non-hydrogen) atoms. The average Bonchev–Trinajstić information content (AvgIpc) is 3.59. The first-order valence-electron chi connectivity index (χ1n) is 14.4. The SMILES string of the molecule is COC(=O)C(C)(C)COc1cc(C)c(-c2ccc(-c3nc(OC4CCCC4)n(CCCCS(C)(C)C)n3)nc2)cn1. The second kappa shape index (κ2) is 13.2. The summed E-state index contributed by atoms with van der Waals surface area (Å²) in [5.74, 6) is 1.97. The lowest BCUT2D eigenvalue weighted by atomic mass is 9.95. The third-order valence-corrected chi connectivity index (χ3v) is 8.81. The summed E-state index contributed by atoms with van der Waals surface area (Å²) >= 11 is 0. The normalized spacial score (nSPS) is 14.7. The molecule has 0 unspecified atom stereocenters. The Morgan fingerprint density at radius 1 is 1.10 bits per heavy atom. The zero-order valence-electron chi connectivity index (χ0n) is 25.6. The van der Waals surface area contributed by atoms with Gasteiger partial charge in [0.05, 0.1) is 12.5 Å². The van der Waals surface area contributed by atoms with Gasteiger partial charge in [-0.2, -0.15) is 4.98 Å². The number of pyridine rings is 2. The zero-order valence-corrected chi connectivity index (χ0v) is 26.4. The number of methoxy groups -OCH3 is 1. The van der Waals surface area contributed by atoms with E-state index in [9.17, 15) is 4.79 Å². The van der Waals surface area contributed by atoms with Crippen LogP contribution in [0.1, 0.15) is 57.9 Å². The molecular formula is C31H45N5O4S. The minimum absolute atomic E-state index is 0.172. The Labute approximate surface area is 245 Å². The number of aryl methyl sites for hydroxylation is 2. The van der Waals surface area contributed by atoms with Crippen molar-refractivity contribution in [2.75, 3.05) is 38.2 Å². The molecule has 3 aromatic heterocycles. The molecule has 0 aliphatic heterocycles. The molecule has 1 saturated carbocycles. The van der Waals surface area contributed by atoms with E-state index < -0.39 is 15.4 Å². The third-order valence-electron chi connectivity index (χ3n) is 7.30. The summed E-state index contributed by atoms with van der Waals surface area (Å²) in [6.45, 7) is 6.52. The van der Waals surface area contributed by atoms with Crippen LogP contribution in [0.25, 0.3) is 22.6 Å². The quantitative estimate of drug-likeness (QED) is 0.176. The van der Waals surface area contributed by atoms with E-state index in [2.05, 4.69) is 23.8 Å². The van der Waals surface area contributed by atoms with Crippen LogP contribution in [0.15, 0.2) is 30.6 Å². The Bertz CT molecular complexity index is 1310. The number of carbonyl (C=O) groups is 1. The van der Waals surface area contributed by atoms with Crippen LogP contribution in [0.5, 0.6) is 11.9 Å². The zero-order chi connectivity index (χ0) is 29.6. The first-order valence-corrected chi connectivity index (χ1v) is 17.4. The first kappa shape index (κ1) is 30.8. The predicted octanol–water partition coefficient (Wildman–Crippen LogP) is 6.08. The molecule has 3 heterocycles. The van der Waals surface area contributed by atoms with E-state index in [-0.39, 0.29) is 18.7 Å². The van der Waals surface area contributed by atoms with Gasteiger partial charge >= 0.3 is 12.0 Å². The van der Waals surface area contributed by atoms with Gasteiger partial charge in [-0.05, 0) is 95.4 Å². The van der Waals surface area contributed by atoms with Gasteiger partial charge in [0.1, 0.15) is 18.4 Å². The lowest BCUT2D eigenvalue weighted by Gasteiger charge is -2.24. The van der Waals surface area contributed by atoms with Gasteiger partial charge in [-0.15, -0.1) is 5.10 Å². The van der Waals surface area contributed by atoms with Crippen molar-refractivity contribution < 1.29 is 19.0 Å². The highest BCUT2D eigenvalue weighted by molar-refractivity contribution is 8.32. The number of esters is 1. The fraction of sp³-hybridized carbons (Fsp3) is 0.581. The van der Waals surface area contributed by atoms with Gasteiger partial charge in [0.2, 0.25) is 11.7 Å². The van der Waals surface area contributed by atoms with Crippen LogP contribution in [0, 0.1) is 12.3 Å². The molecule has 4 rings (SSSR count). The average molecular weight is 584 g/mol. The second-order valence-electron chi connectivity index (χ2n) is 12.4. The van der Waals surface area contributed by atoms with Crippen molar-refractivity contribution in [2.24, 2.45) is 5.41 Å². The van der Waals surface area contributed by atoms with Crippen LogP contribution in [-0.2, 0) is 16.1 Å². The molecule has 9 nitrogen and oxygen atoms in total. The Balaban J connectivity index is 1.46. The minimum atomic E-state index is -0.765. The van der Waals surface area contributed by atoms with Crippen LogP contribution in [0.2, 0.25) is 0 Å². The molecule has 0 radical (unpaired) electrons. The van der Waals surface area contributed by atoms with Crippen molar-refractivity contribution in [3.8, 4) is 34.5 Å². The Morgan fingerprint density at radius 2 is 1.85 bits per heavy atom. The fourth-order valence-electron chi connectivity index (χ4n) is 4.81. The summed E-state index contributed by atoms with van der Waals surface area (Å²) in [6, 6.07) is 6.43. The Morgan fingerprint density at radius 3 is 2.49 bits per heavy atom. The van der Waals surface area contributed by atoms with Crippen LogP contribution < -0.4 is 9.47 Å². The fourth-order valence-corrected chi connectivity index (χ4v) is 5.88. The molecule has 0 N–H and O–H groups in total. The number of hydrogen-bond acceptors (Lipinski definition) is 8. The van der Waals surface area contributed by atoms with Crippen LogP contribution >= 0.6 is 10.0 Å². The number of aromatic nitrogens is 5. The molecule has 224 valence electrons. The molecule has 10 heteroatoms. The van der Waals surface area contributed by atoms with E-state index in [0.29, 0.717) is 23.4 Å². The number of ether oxygens (including phenoxy) is 3. The van der Waals surface area contributed by atoms with Gasteiger partial charge in [0.15, 0.2) is 0 Å². The van der Waals surface area contributed by atoms with Crippen LogP contribution in [0.3, 0.4) is 0 Å². The summed E-state index contributed by atoms with van der Waals surface area (Å²) in [4.78, 5) is 25.9. The highest BCUT2D eigenvalue weighted by Crippen LogP contribution is 2.35. The van der Waals surface area contributed by atoms with Gasteiger partial charge in [0, 0.05) is 36.1 Å². The maximum atomic E-state index is 11.9. The smallest absolute Gasteiger partial charge is 0.315 e. The van der Waals surface area contributed by atoms with Crippen molar-refractivity contribution >= 4 is 16.0 Å². The van der Waals surface area contributed by atoms with Gasteiger partial charge in [0.25, 0.3) is 0 Å². The summed E-state index contributed by atoms with van der Waals surface area (Å²) < 4.78 is 18.9. The van der Waals surface area contributed by atoms with Crippen molar-refractivity contribution in [1.82, 2.24) is 24.7 Å². The summed E-state index contributed by atoms with van der Waals surface area (Å²) in [7, 11) is 0.870. The van der Waals surface area contributed by atoms with Crippen LogP contribution in [0.4, 0.5) is 0 Å². The highest BCUT2D eigenvalue weighted by atomic mass is 32.3. The summed E-state index contributed by atoms with van der Waals surface area (Å²) in [5, 5.41) is 4.81. The van der Waals surface area contributed by atoms with Crippen molar-refractivity contribution in [3.63, 3.8) is 0 Å². The maximum Gasteiger partial charge on any atom is 0.315 e. The van der Waals surface area contributed by atoms with Gasteiger partial charge in [-0.1, -0.05) is 6.07 Å². The van der Waals surface area contributed by atoms with E-state index in [0.717, 1.165) is 42.5 Å². The van der Waals surface area contributed by atoms with E-state index in [1.54, 1.807) is 20.0 Å². The number of nitrogens with zero attached hydrogens (tertiary/aromatic N) is 5. The summed E-state index contributed by atoms with van der Waals surface area (Å²) in [6.07, 6.45) is 17.7. The molecule has 0 spiro atoms. The van der Waals surface area contributed by atoms with E-state index in [1.807, 2.05) is 36.0 Å². The van der Waals surface area contributed by atoms with Crippen molar-refractivity contribution in [3.05, 3.63) is 36.2 Å². The number of unbranched alkanes of at least 4 members (excludes halogenated alkanes) is 1. The monoisotopic (exact) mass is 583 g/mol. The molecular weight excluding hydrogens is 538 g/mol. The summed E-state index contributed by atoms with van der Waals surface area (Å²) in [5.41, 5.74) is 2.82. The van der Waals surface area contributed by atoms with Crippen molar-refractivity contribution in [1.29, 1.82) is 0 Å². The second-order valence-corrected chi connectivity index (χ2v) is 17.0. The highest BCUT2D eigenvalue weighted by Gasteiger charge is 2.30. The van der Waals surface area contributed by atoms with Gasteiger partial charge in [-0.3, -0.25) is 9.78 Å². The lowest BCUT2D eigenvalue weighted by Crippen LogP contribution is -2.32. The largest absolute Gasteiger partial charge is 0.476 e. The maximum absolute atomic E-state index is 11.9. The lowest BCUT2D eigenvalue weighted by molar-refractivity contribution is -0.152. The molecule has 0 saturated heterocycles. The molecule has 1 fully saturated rings. The topological polar surface area (TPSA) is 101 Å². The molecule has 1 aliphatic carbocycles. The number of rotatable bonds is 13. The van der Waals surface area contributed by atoms with Gasteiger partial charge in [-0.25, -0.2) is 19.7 Å².